The lowest BCUT2D eigenvalue weighted by Gasteiger charge is -2.58. The number of rotatable bonds is 0. The second-order valence-electron chi connectivity index (χ2n) is 8.03. The number of hydrogen-bond acceptors (Lipinski definition) is 2. The van der Waals surface area contributed by atoms with E-state index in [0.29, 0.717) is 5.92 Å². The van der Waals surface area contributed by atoms with Gasteiger partial charge in [0.2, 0.25) is 5.79 Å². The Bertz CT molecular complexity index is 288. The molecule has 0 bridgehead atoms. The van der Waals surface area contributed by atoms with E-state index in [4.69, 9.17) is 9.78 Å². The van der Waals surface area contributed by atoms with E-state index < -0.39 is 0 Å². The van der Waals surface area contributed by atoms with Gasteiger partial charge in [-0.2, -0.15) is 9.78 Å². The zero-order valence-corrected chi connectivity index (χ0v) is 12.5. The van der Waals surface area contributed by atoms with E-state index in [1.807, 2.05) is 0 Å². The van der Waals surface area contributed by atoms with Crippen LogP contribution >= 0.6 is 0 Å². The molecule has 1 atom stereocenters. The van der Waals surface area contributed by atoms with Gasteiger partial charge in [-0.05, 0) is 23.7 Å². The van der Waals surface area contributed by atoms with Crippen LogP contribution in [0.15, 0.2) is 0 Å². The highest BCUT2D eigenvalue weighted by atomic mass is 17.4. The lowest BCUT2D eigenvalue weighted by Crippen LogP contribution is -2.60. The first-order valence-electron chi connectivity index (χ1n) is 6.95. The highest BCUT2D eigenvalue weighted by Gasteiger charge is 2.75. The van der Waals surface area contributed by atoms with Gasteiger partial charge in [0, 0.05) is 11.3 Å². The van der Waals surface area contributed by atoms with Crippen LogP contribution in [0.1, 0.15) is 67.7 Å². The molecule has 1 aliphatic heterocycles. The molecule has 2 aliphatic rings. The summed E-state index contributed by atoms with van der Waals surface area (Å²) in [5.41, 5.74) is 0.442. The van der Waals surface area contributed by atoms with Gasteiger partial charge in [0.15, 0.2) is 0 Å². The first kappa shape index (κ1) is 13.4. The van der Waals surface area contributed by atoms with Crippen molar-refractivity contribution in [3.8, 4) is 0 Å². The van der Waals surface area contributed by atoms with Crippen molar-refractivity contribution in [2.75, 3.05) is 0 Å². The van der Waals surface area contributed by atoms with Gasteiger partial charge in [-0.1, -0.05) is 54.9 Å². The average Bonchev–Trinajstić information content (AvgIpc) is 2.87. The predicted octanol–water partition coefficient (Wildman–Crippen LogP) is 4.54. The Balaban J connectivity index is 2.54. The topological polar surface area (TPSA) is 25.1 Å². The van der Waals surface area contributed by atoms with Gasteiger partial charge >= 0.3 is 0 Å². The van der Waals surface area contributed by atoms with Gasteiger partial charge < -0.3 is 0 Å². The summed E-state index contributed by atoms with van der Waals surface area (Å²) in [5, 5.41) is 0. The molecule has 1 aliphatic carbocycles. The second-order valence-corrected chi connectivity index (χ2v) is 8.03. The van der Waals surface area contributed by atoms with Crippen LogP contribution in [-0.2, 0) is 9.78 Å². The van der Waals surface area contributed by atoms with Gasteiger partial charge in [-0.25, -0.2) is 0 Å². The minimum absolute atomic E-state index is 0.0880. The first-order chi connectivity index (χ1) is 7.58. The third-order valence-corrected chi connectivity index (χ3v) is 5.26. The van der Waals surface area contributed by atoms with E-state index >= 15 is 0 Å². The van der Waals surface area contributed by atoms with E-state index in [9.17, 15) is 0 Å². The summed E-state index contributed by atoms with van der Waals surface area (Å²) in [6, 6.07) is 0. The smallest absolute Gasteiger partial charge is 0.194 e. The Morgan fingerprint density at radius 2 is 1.41 bits per heavy atom. The molecule has 0 aromatic carbocycles. The largest absolute Gasteiger partial charge is 0.243 e. The summed E-state index contributed by atoms with van der Waals surface area (Å²) in [7, 11) is 0. The summed E-state index contributed by atoms with van der Waals surface area (Å²) in [6.45, 7) is 16.3. The van der Waals surface area contributed by atoms with Gasteiger partial charge in [-0.15, -0.1) is 0 Å². The van der Waals surface area contributed by atoms with Gasteiger partial charge in [0.05, 0.1) is 0 Å². The van der Waals surface area contributed by atoms with Crippen LogP contribution in [0.4, 0.5) is 0 Å². The van der Waals surface area contributed by atoms with Crippen molar-refractivity contribution >= 4 is 0 Å². The molecule has 2 nitrogen and oxygen atoms in total. The maximum atomic E-state index is 5.62. The molecule has 1 saturated heterocycles. The highest BCUT2D eigenvalue weighted by Crippen LogP contribution is 2.71. The maximum absolute atomic E-state index is 5.62. The monoisotopic (exact) mass is 240 g/mol. The van der Waals surface area contributed by atoms with E-state index in [-0.39, 0.29) is 22.0 Å². The molecule has 1 spiro atoms. The molecule has 1 unspecified atom stereocenters. The Morgan fingerprint density at radius 1 is 0.941 bits per heavy atom. The van der Waals surface area contributed by atoms with E-state index in [1.165, 1.54) is 19.3 Å². The van der Waals surface area contributed by atoms with Crippen LogP contribution in [0.2, 0.25) is 0 Å². The van der Waals surface area contributed by atoms with Crippen LogP contribution in [0, 0.1) is 22.2 Å². The van der Waals surface area contributed by atoms with Crippen molar-refractivity contribution in [1.82, 2.24) is 0 Å². The van der Waals surface area contributed by atoms with Crippen molar-refractivity contribution < 1.29 is 9.78 Å². The summed E-state index contributed by atoms with van der Waals surface area (Å²) >= 11 is 0. The van der Waals surface area contributed by atoms with Crippen LogP contribution in [0.25, 0.3) is 0 Å². The van der Waals surface area contributed by atoms with Crippen molar-refractivity contribution in [3.63, 3.8) is 0 Å². The SMILES string of the molecule is CC1CCCC(C(C)(C)C)(C(C)(C)C)C12OO2. The Hall–Kier alpha value is -0.0800. The third kappa shape index (κ3) is 1.53. The van der Waals surface area contributed by atoms with Gasteiger partial charge in [0.25, 0.3) is 0 Å². The molecule has 17 heavy (non-hydrogen) atoms. The molecule has 2 heteroatoms. The predicted molar refractivity (Wildman–Crippen MR) is 69.3 cm³/mol. The van der Waals surface area contributed by atoms with Crippen molar-refractivity contribution in [3.05, 3.63) is 0 Å². The Kier molecular flexibility index (Phi) is 2.73. The maximum Gasteiger partial charge on any atom is 0.243 e. The normalized spacial score (nSPS) is 31.6. The standard InChI is InChI=1S/C15H28O2/c1-11-9-8-10-14(12(2,3)4,13(5,6)7)15(11)16-17-15/h11H,8-10H2,1-7H3. The average molecular weight is 240 g/mol. The molecule has 2 rings (SSSR count). The molecule has 0 radical (unpaired) electrons. The zero-order valence-electron chi connectivity index (χ0n) is 12.5. The second kappa shape index (κ2) is 3.48. The highest BCUT2D eigenvalue weighted by molar-refractivity contribution is 5.13. The van der Waals surface area contributed by atoms with Gasteiger partial charge in [-0.3, -0.25) is 0 Å². The van der Waals surface area contributed by atoms with E-state index in [2.05, 4.69) is 48.5 Å². The fraction of sp³-hybridized carbons (Fsp3) is 1.00. The molecule has 0 amide bonds. The Labute approximate surface area is 106 Å². The molecule has 0 aromatic heterocycles. The third-order valence-electron chi connectivity index (χ3n) is 5.26. The molecule has 1 heterocycles. The molecule has 100 valence electrons. The minimum atomic E-state index is -0.332. The van der Waals surface area contributed by atoms with Crippen LogP contribution in [0.5, 0.6) is 0 Å². The van der Waals surface area contributed by atoms with Crippen molar-refractivity contribution in [1.29, 1.82) is 0 Å². The summed E-state index contributed by atoms with van der Waals surface area (Å²) < 4.78 is 0. The lowest BCUT2D eigenvalue weighted by atomic mass is 9.45. The minimum Gasteiger partial charge on any atom is -0.194 e. The first-order valence-corrected chi connectivity index (χ1v) is 6.95. The van der Waals surface area contributed by atoms with Crippen LogP contribution in [-0.4, -0.2) is 5.79 Å². The fourth-order valence-corrected chi connectivity index (χ4v) is 4.73. The van der Waals surface area contributed by atoms with Crippen LogP contribution in [0.3, 0.4) is 0 Å². The van der Waals surface area contributed by atoms with Gasteiger partial charge in [0.1, 0.15) is 0 Å². The molecule has 1 saturated carbocycles. The molecular weight excluding hydrogens is 212 g/mol. The number of hydrogen-bond donors (Lipinski definition) is 0. The van der Waals surface area contributed by atoms with Crippen molar-refractivity contribution in [2.45, 2.75) is 73.5 Å². The van der Waals surface area contributed by atoms with Crippen LogP contribution < -0.4 is 0 Å². The Morgan fingerprint density at radius 3 is 1.71 bits per heavy atom. The fourth-order valence-electron chi connectivity index (χ4n) is 4.73. The molecular formula is C15H28O2. The lowest BCUT2D eigenvalue weighted by molar-refractivity contribution is -0.153. The molecule has 0 N–H and O–H groups in total. The van der Waals surface area contributed by atoms with E-state index in [0.717, 1.165) is 0 Å². The van der Waals surface area contributed by atoms with Crippen molar-refractivity contribution in [2.24, 2.45) is 22.2 Å². The molecule has 0 aromatic rings. The summed E-state index contributed by atoms with van der Waals surface area (Å²) in [4.78, 5) is 11.2. The quantitative estimate of drug-likeness (QED) is 0.458. The zero-order chi connectivity index (χ0) is 13.1. The molecule has 2 fully saturated rings. The van der Waals surface area contributed by atoms with E-state index in [1.54, 1.807) is 0 Å². The summed E-state index contributed by atoms with van der Waals surface area (Å²) in [5.74, 6) is 0.163. The summed E-state index contributed by atoms with van der Waals surface area (Å²) in [6.07, 6.45) is 3.70.